The molecule has 5 heteroatoms. The molecule has 0 aromatic heterocycles. The molecule has 0 aliphatic heterocycles. The minimum Gasteiger partial charge on any atom is -0.488 e. The Morgan fingerprint density at radius 2 is 1.85 bits per heavy atom. The van der Waals surface area contributed by atoms with E-state index >= 15 is 0 Å². The van der Waals surface area contributed by atoms with Crippen LogP contribution in [0.15, 0.2) is 54.6 Å². The van der Waals surface area contributed by atoms with E-state index in [4.69, 9.17) is 32.7 Å². The Labute approximate surface area is 170 Å². The fourth-order valence-electron chi connectivity index (χ4n) is 2.98. The Bertz CT molecular complexity index is 899. The molecule has 0 aliphatic carbocycles. The lowest BCUT2D eigenvalue weighted by Gasteiger charge is -2.16. The second kappa shape index (κ2) is 9.95. The molecule has 3 nitrogen and oxygen atoms in total. The molecule has 0 saturated carbocycles. The molecule has 0 aliphatic rings. The molecule has 3 rings (SSSR count). The second-order valence-corrected chi connectivity index (χ2v) is 7.15. The maximum atomic E-state index is 6.27. The van der Waals surface area contributed by atoms with E-state index in [2.05, 4.69) is 29.6 Å². The number of rotatable bonds is 9. The molecule has 142 valence electrons. The van der Waals surface area contributed by atoms with Crippen LogP contribution in [0.2, 0.25) is 10.0 Å². The SMILES string of the molecule is COCCCNCc1c(OCc2ccc(Cl)cc2Cl)ccc2ccccc12. The maximum absolute atomic E-state index is 6.27. The predicted molar refractivity (Wildman–Crippen MR) is 113 cm³/mol. The van der Waals surface area contributed by atoms with E-state index in [0.29, 0.717) is 16.7 Å². The van der Waals surface area contributed by atoms with Crippen molar-refractivity contribution in [1.82, 2.24) is 5.32 Å². The number of halogens is 2. The molecular formula is C22H23Cl2NO2. The molecule has 0 radical (unpaired) electrons. The van der Waals surface area contributed by atoms with Gasteiger partial charge in [0.2, 0.25) is 0 Å². The Kier molecular flexibility index (Phi) is 7.36. The van der Waals surface area contributed by atoms with Gasteiger partial charge in [0.05, 0.1) is 0 Å². The van der Waals surface area contributed by atoms with Crippen molar-refractivity contribution in [3.8, 4) is 5.75 Å². The molecular weight excluding hydrogens is 381 g/mol. The number of methoxy groups -OCH3 is 1. The molecule has 0 saturated heterocycles. The van der Waals surface area contributed by atoms with Gasteiger partial charge in [-0.05, 0) is 41.9 Å². The summed E-state index contributed by atoms with van der Waals surface area (Å²) in [6.07, 6.45) is 0.970. The van der Waals surface area contributed by atoms with Crippen LogP contribution < -0.4 is 10.1 Å². The number of benzene rings is 3. The van der Waals surface area contributed by atoms with Crippen molar-refractivity contribution < 1.29 is 9.47 Å². The number of hydrogen-bond donors (Lipinski definition) is 1. The third-order valence-corrected chi connectivity index (χ3v) is 4.99. The Morgan fingerprint density at radius 3 is 2.67 bits per heavy atom. The first-order valence-corrected chi connectivity index (χ1v) is 9.71. The zero-order valence-corrected chi connectivity index (χ0v) is 16.8. The highest BCUT2D eigenvalue weighted by Crippen LogP contribution is 2.30. The van der Waals surface area contributed by atoms with Crippen LogP contribution in [-0.2, 0) is 17.9 Å². The monoisotopic (exact) mass is 403 g/mol. The van der Waals surface area contributed by atoms with Crippen LogP contribution in [0, 0.1) is 0 Å². The fourth-order valence-corrected chi connectivity index (χ4v) is 3.45. The normalized spacial score (nSPS) is 11.1. The van der Waals surface area contributed by atoms with Crippen molar-refractivity contribution in [2.75, 3.05) is 20.3 Å². The van der Waals surface area contributed by atoms with Gasteiger partial charge in [0.15, 0.2) is 0 Å². The first-order valence-electron chi connectivity index (χ1n) is 8.96. The highest BCUT2D eigenvalue weighted by atomic mass is 35.5. The smallest absolute Gasteiger partial charge is 0.124 e. The van der Waals surface area contributed by atoms with Crippen LogP contribution in [0.4, 0.5) is 0 Å². The molecule has 0 amide bonds. The average Bonchev–Trinajstić information content (AvgIpc) is 2.68. The predicted octanol–water partition coefficient (Wildman–Crippen LogP) is 5.85. The van der Waals surface area contributed by atoms with E-state index in [1.54, 1.807) is 13.2 Å². The van der Waals surface area contributed by atoms with Gasteiger partial charge >= 0.3 is 0 Å². The van der Waals surface area contributed by atoms with Gasteiger partial charge in [-0.2, -0.15) is 0 Å². The van der Waals surface area contributed by atoms with Crippen molar-refractivity contribution in [1.29, 1.82) is 0 Å². The second-order valence-electron chi connectivity index (χ2n) is 6.31. The summed E-state index contributed by atoms with van der Waals surface area (Å²) >= 11 is 12.2. The summed E-state index contributed by atoms with van der Waals surface area (Å²) < 4.78 is 11.2. The quantitative estimate of drug-likeness (QED) is 0.454. The van der Waals surface area contributed by atoms with Gasteiger partial charge in [-0.3, -0.25) is 0 Å². The van der Waals surface area contributed by atoms with Crippen LogP contribution in [0.25, 0.3) is 10.8 Å². The van der Waals surface area contributed by atoms with Gasteiger partial charge in [0.1, 0.15) is 12.4 Å². The highest BCUT2D eigenvalue weighted by molar-refractivity contribution is 6.35. The minimum absolute atomic E-state index is 0.394. The van der Waals surface area contributed by atoms with Crippen molar-refractivity contribution >= 4 is 34.0 Å². The van der Waals surface area contributed by atoms with Gasteiger partial charge < -0.3 is 14.8 Å². The van der Waals surface area contributed by atoms with E-state index in [1.807, 2.05) is 24.3 Å². The van der Waals surface area contributed by atoms with Gasteiger partial charge in [-0.25, -0.2) is 0 Å². The zero-order chi connectivity index (χ0) is 19.1. The molecule has 1 N–H and O–H groups in total. The number of ether oxygens (including phenoxy) is 2. The highest BCUT2D eigenvalue weighted by Gasteiger charge is 2.10. The number of hydrogen-bond acceptors (Lipinski definition) is 3. The number of nitrogens with one attached hydrogen (secondary N) is 1. The summed E-state index contributed by atoms with van der Waals surface area (Å²) in [4.78, 5) is 0. The summed E-state index contributed by atoms with van der Waals surface area (Å²) in [5, 5.41) is 7.11. The van der Waals surface area contributed by atoms with Crippen LogP contribution in [-0.4, -0.2) is 20.3 Å². The lowest BCUT2D eigenvalue weighted by molar-refractivity contribution is 0.194. The molecule has 0 unspecified atom stereocenters. The third-order valence-electron chi connectivity index (χ3n) is 4.40. The van der Waals surface area contributed by atoms with Gasteiger partial charge in [-0.1, -0.05) is 59.6 Å². The Balaban J connectivity index is 1.79. The molecule has 27 heavy (non-hydrogen) atoms. The lowest BCUT2D eigenvalue weighted by atomic mass is 10.0. The Hall–Kier alpha value is -1.78. The van der Waals surface area contributed by atoms with E-state index in [1.165, 1.54) is 10.8 Å². The first kappa shape index (κ1) is 20.0. The summed E-state index contributed by atoms with van der Waals surface area (Å²) in [6, 6.07) is 17.9. The van der Waals surface area contributed by atoms with E-state index in [9.17, 15) is 0 Å². The van der Waals surface area contributed by atoms with E-state index in [-0.39, 0.29) is 0 Å². The molecule has 0 heterocycles. The molecule has 3 aromatic rings. The molecule has 0 atom stereocenters. The zero-order valence-electron chi connectivity index (χ0n) is 15.3. The van der Waals surface area contributed by atoms with Crippen LogP contribution in [0.3, 0.4) is 0 Å². The molecule has 0 spiro atoms. The van der Waals surface area contributed by atoms with Crippen molar-refractivity contribution in [2.45, 2.75) is 19.6 Å². The number of fused-ring (bicyclic) bond motifs is 1. The van der Waals surface area contributed by atoms with Crippen molar-refractivity contribution in [2.24, 2.45) is 0 Å². The molecule has 0 bridgehead atoms. The van der Waals surface area contributed by atoms with Crippen LogP contribution in [0.1, 0.15) is 17.5 Å². The van der Waals surface area contributed by atoms with Crippen molar-refractivity contribution in [3.63, 3.8) is 0 Å². The maximum Gasteiger partial charge on any atom is 0.124 e. The van der Waals surface area contributed by atoms with Gasteiger partial charge in [0.25, 0.3) is 0 Å². The molecule has 0 fully saturated rings. The largest absolute Gasteiger partial charge is 0.488 e. The van der Waals surface area contributed by atoms with Crippen molar-refractivity contribution in [3.05, 3.63) is 75.8 Å². The minimum atomic E-state index is 0.394. The molecule has 3 aromatic carbocycles. The topological polar surface area (TPSA) is 30.5 Å². The van der Waals surface area contributed by atoms with E-state index < -0.39 is 0 Å². The van der Waals surface area contributed by atoms with Gasteiger partial charge in [-0.15, -0.1) is 0 Å². The Morgan fingerprint density at radius 1 is 1.00 bits per heavy atom. The van der Waals surface area contributed by atoms with E-state index in [0.717, 1.165) is 43.0 Å². The summed E-state index contributed by atoms with van der Waals surface area (Å²) in [7, 11) is 1.72. The summed E-state index contributed by atoms with van der Waals surface area (Å²) in [6.45, 7) is 2.76. The standard InChI is InChI=1S/C22H23Cl2NO2/c1-26-12-4-11-25-14-20-19-6-3-2-5-16(19)8-10-22(20)27-15-17-7-9-18(23)13-21(17)24/h2-3,5-10,13,25H,4,11-12,14-15H2,1H3. The summed E-state index contributed by atoms with van der Waals surface area (Å²) in [5.41, 5.74) is 2.06. The lowest BCUT2D eigenvalue weighted by Crippen LogP contribution is -2.17. The van der Waals surface area contributed by atoms with Crippen LogP contribution in [0.5, 0.6) is 5.75 Å². The van der Waals surface area contributed by atoms with Gasteiger partial charge in [0, 0.05) is 41.4 Å². The first-order chi connectivity index (χ1) is 13.2. The third kappa shape index (κ3) is 5.36. The van der Waals surface area contributed by atoms with Crippen LogP contribution >= 0.6 is 23.2 Å². The fraction of sp³-hybridized carbons (Fsp3) is 0.273. The summed E-state index contributed by atoms with van der Waals surface area (Å²) in [5.74, 6) is 0.860. The average molecular weight is 404 g/mol.